The highest BCUT2D eigenvalue weighted by Gasteiger charge is 2.42. The van der Waals surface area contributed by atoms with Crippen molar-refractivity contribution in [3.8, 4) is 0 Å². The summed E-state index contributed by atoms with van der Waals surface area (Å²) in [5.74, 6) is 2.04. The Morgan fingerprint density at radius 1 is 1.00 bits per heavy atom. The monoisotopic (exact) mass is 478 g/mol. The van der Waals surface area contributed by atoms with Gasteiger partial charge in [0.2, 0.25) is 0 Å². The van der Waals surface area contributed by atoms with Gasteiger partial charge in [0.25, 0.3) is 0 Å². The van der Waals surface area contributed by atoms with Crippen molar-refractivity contribution in [2.75, 3.05) is 49.6 Å². The summed E-state index contributed by atoms with van der Waals surface area (Å²) in [5, 5.41) is 10.00. The van der Waals surface area contributed by atoms with Gasteiger partial charge < -0.3 is 14.9 Å². The summed E-state index contributed by atoms with van der Waals surface area (Å²) < 4.78 is 48.5. The second-order valence-corrected chi connectivity index (χ2v) is 10.7. The molecule has 0 aromatic heterocycles. The number of halogens is 3. The number of fused-ring (bicyclic) bond motifs is 1. The molecule has 3 saturated heterocycles. The maximum Gasteiger partial charge on any atom is 0.416 e. The lowest BCUT2D eigenvalue weighted by Gasteiger charge is -2.35. The molecule has 3 aliphatic heterocycles. The zero-order chi connectivity index (χ0) is 23.8. The quantitative estimate of drug-likeness (QED) is 0.725. The standard InChI is InChI=1S/C14H17F3N2.C11H12O2S/c1-18-6-10-8-19(9-11(10)7-18)13-4-2-12(3-5-13)14(15,16)17;1-2-9-3-5-10(6-4-9)11(12)7-14(13)8-11/h2-5,10-11H,6-9H2,1H3;2-6,12H,1,7-8H2. The molecule has 2 atom stereocenters. The van der Waals surface area contributed by atoms with Gasteiger partial charge in [0, 0.05) is 42.7 Å². The molecule has 0 saturated carbocycles. The zero-order valence-corrected chi connectivity index (χ0v) is 19.4. The number of alkyl halides is 3. The number of likely N-dealkylation sites (tertiary alicyclic amines) is 1. The minimum absolute atomic E-state index is 0.362. The molecular formula is C25H29F3N2O2S. The van der Waals surface area contributed by atoms with Crippen LogP contribution in [0, 0.1) is 11.8 Å². The Morgan fingerprint density at radius 3 is 2.00 bits per heavy atom. The van der Waals surface area contributed by atoms with Crippen LogP contribution in [0.4, 0.5) is 18.9 Å². The van der Waals surface area contributed by atoms with E-state index in [0.29, 0.717) is 23.3 Å². The fourth-order valence-corrected chi connectivity index (χ4v) is 6.20. The van der Waals surface area contributed by atoms with Crippen LogP contribution in [0.25, 0.3) is 6.08 Å². The van der Waals surface area contributed by atoms with Crippen molar-refractivity contribution in [1.29, 1.82) is 0 Å². The van der Waals surface area contributed by atoms with E-state index in [9.17, 15) is 22.5 Å². The lowest BCUT2D eigenvalue weighted by Crippen LogP contribution is -2.48. The minimum atomic E-state index is -4.25. The van der Waals surface area contributed by atoms with Crippen LogP contribution in [0.5, 0.6) is 0 Å². The SMILES string of the molecule is C=Cc1ccc(C2(O)CS(=O)C2)cc1.CN1CC2CN(c3ccc(C(F)(F)F)cc3)CC2C1. The second kappa shape index (κ2) is 9.24. The van der Waals surface area contributed by atoms with Crippen LogP contribution >= 0.6 is 0 Å². The van der Waals surface area contributed by atoms with E-state index in [0.717, 1.165) is 43.0 Å². The minimum Gasteiger partial charge on any atom is -0.383 e. The molecule has 2 aromatic rings. The van der Waals surface area contributed by atoms with Gasteiger partial charge >= 0.3 is 6.18 Å². The van der Waals surface area contributed by atoms with E-state index >= 15 is 0 Å². The molecule has 8 heteroatoms. The Morgan fingerprint density at radius 2 is 1.55 bits per heavy atom. The van der Waals surface area contributed by atoms with E-state index in [1.165, 1.54) is 12.1 Å². The third-order valence-corrected chi connectivity index (χ3v) is 8.31. The van der Waals surface area contributed by atoms with Gasteiger partial charge in [-0.15, -0.1) is 0 Å². The molecule has 5 rings (SSSR count). The fourth-order valence-electron chi connectivity index (χ4n) is 4.89. The van der Waals surface area contributed by atoms with Crippen LogP contribution in [0.2, 0.25) is 0 Å². The zero-order valence-electron chi connectivity index (χ0n) is 18.6. The average molecular weight is 479 g/mol. The van der Waals surface area contributed by atoms with E-state index in [1.807, 2.05) is 24.3 Å². The Balaban J connectivity index is 0.000000165. The van der Waals surface area contributed by atoms with Crippen LogP contribution in [0.1, 0.15) is 16.7 Å². The molecule has 0 aliphatic carbocycles. The molecule has 0 radical (unpaired) electrons. The van der Waals surface area contributed by atoms with Crippen LogP contribution in [0.3, 0.4) is 0 Å². The number of benzene rings is 2. The van der Waals surface area contributed by atoms with Crippen LogP contribution in [0.15, 0.2) is 55.1 Å². The van der Waals surface area contributed by atoms with Gasteiger partial charge in [-0.25, -0.2) is 0 Å². The fraction of sp³-hybridized carbons (Fsp3) is 0.440. The first-order valence-electron chi connectivity index (χ1n) is 11.0. The largest absolute Gasteiger partial charge is 0.416 e. The smallest absolute Gasteiger partial charge is 0.383 e. The lowest BCUT2D eigenvalue weighted by molar-refractivity contribution is -0.137. The Kier molecular flexibility index (Phi) is 6.71. The van der Waals surface area contributed by atoms with Gasteiger partial charge in [0.15, 0.2) is 0 Å². The third kappa shape index (κ3) is 5.34. The lowest BCUT2D eigenvalue weighted by atomic mass is 9.96. The normalized spacial score (nSPS) is 29.1. The molecule has 2 unspecified atom stereocenters. The number of aliphatic hydroxyl groups is 1. The molecule has 33 heavy (non-hydrogen) atoms. The van der Waals surface area contributed by atoms with E-state index < -0.39 is 28.1 Å². The van der Waals surface area contributed by atoms with Crippen molar-refractivity contribution in [3.05, 3.63) is 71.8 Å². The molecule has 178 valence electrons. The molecule has 3 fully saturated rings. The van der Waals surface area contributed by atoms with E-state index in [2.05, 4.69) is 23.4 Å². The number of anilines is 1. The summed E-state index contributed by atoms with van der Waals surface area (Å²) in [4.78, 5) is 4.54. The summed E-state index contributed by atoms with van der Waals surface area (Å²) in [6.07, 6.45) is -2.49. The predicted molar refractivity (Wildman–Crippen MR) is 126 cm³/mol. The van der Waals surface area contributed by atoms with Crippen molar-refractivity contribution < 1.29 is 22.5 Å². The summed E-state index contributed by atoms with van der Waals surface area (Å²) in [6, 6.07) is 13.1. The first-order valence-corrected chi connectivity index (χ1v) is 12.5. The summed E-state index contributed by atoms with van der Waals surface area (Å²) in [6.45, 7) is 7.77. The maximum absolute atomic E-state index is 12.5. The molecule has 4 nitrogen and oxygen atoms in total. The number of rotatable bonds is 3. The van der Waals surface area contributed by atoms with E-state index in [-0.39, 0.29) is 0 Å². The Bertz CT molecular complexity index is 986. The van der Waals surface area contributed by atoms with Crippen LogP contribution in [-0.4, -0.2) is 58.9 Å². The molecule has 2 aromatic carbocycles. The summed E-state index contributed by atoms with van der Waals surface area (Å²) >= 11 is 0. The number of nitrogens with zero attached hydrogens (tertiary/aromatic N) is 2. The Labute approximate surface area is 195 Å². The van der Waals surface area contributed by atoms with Crippen molar-refractivity contribution in [2.24, 2.45) is 11.8 Å². The number of hydrogen-bond donors (Lipinski definition) is 1. The first kappa shape index (κ1) is 24.0. The molecule has 3 aliphatic rings. The van der Waals surface area contributed by atoms with Crippen molar-refractivity contribution >= 4 is 22.6 Å². The summed E-state index contributed by atoms with van der Waals surface area (Å²) in [5.41, 5.74) is 1.35. The molecule has 0 amide bonds. The highest BCUT2D eigenvalue weighted by atomic mass is 32.2. The highest BCUT2D eigenvalue weighted by molar-refractivity contribution is 7.86. The first-order chi connectivity index (χ1) is 15.6. The molecule has 0 spiro atoms. The molecule has 3 heterocycles. The highest BCUT2D eigenvalue weighted by Crippen LogP contribution is 2.35. The molecular weight excluding hydrogens is 449 g/mol. The molecule has 1 N–H and O–H groups in total. The van der Waals surface area contributed by atoms with Gasteiger partial charge in [-0.3, -0.25) is 4.21 Å². The average Bonchev–Trinajstić information content (AvgIpc) is 3.30. The van der Waals surface area contributed by atoms with Gasteiger partial charge in [-0.1, -0.05) is 36.9 Å². The Hall–Kier alpha value is -2.16. The van der Waals surface area contributed by atoms with E-state index in [4.69, 9.17) is 0 Å². The van der Waals surface area contributed by atoms with Gasteiger partial charge in [0.05, 0.1) is 17.1 Å². The van der Waals surface area contributed by atoms with Crippen LogP contribution in [-0.2, 0) is 22.6 Å². The van der Waals surface area contributed by atoms with Gasteiger partial charge in [0.1, 0.15) is 5.60 Å². The van der Waals surface area contributed by atoms with Crippen molar-refractivity contribution in [3.63, 3.8) is 0 Å². The van der Waals surface area contributed by atoms with Crippen LogP contribution < -0.4 is 4.90 Å². The molecule has 0 bridgehead atoms. The predicted octanol–water partition coefficient (Wildman–Crippen LogP) is 3.98. The number of hydrogen-bond acceptors (Lipinski definition) is 4. The van der Waals surface area contributed by atoms with Crippen molar-refractivity contribution in [2.45, 2.75) is 11.8 Å². The van der Waals surface area contributed by atoms with Gasteiger partial charge in [-0.05, 0) is 54.3 Å². The third-order valence-electron chi connectivity index (χ3n) is 6.71. The summed E-state index contributed by atoms with van der Waals surface area (Å²) in [7, 11) is 1.29. The van der Waals surface area contributed by atoms with Crippen molar-refractivity contribution in [1.82, 2.24) is 4.90 Å². The topological polar surface area (TPSA) is 43.8 Å². The van der Waals surface area contributed by atoms with E-state index in [1.54, 1.807) is 18.2 Å². The van der Waals surface area contributed by atoms with Gasteiger partial charge in [-0.2, -0.15) is 13.2 Å². The second-order valence-electron chi connectivity index (χ2n) is 9.28. The maximum atomic E-state index is 12.5.